The van der Waals surface area contributed by atoms with Crippen molar-refractivity contribution >= 4 is 53.4 Å². The minimum Gasteiger partial charge on any atom is -0.463 e. The first-order chi connectivity index (χ1) is 26.0. The van der Waals surface area contributed by atoms with Crippen molar-refractivity contribution in [3.8, 4) is 0 Å². The number of benzene rings is 2. The monoisotopic (exact) mass is 753 g/mol. The van der Waals surface area contributed by atoms with Gasteiger partial charge in [0.25, 0.3) is 6.45 Å². The van der Waals surface area contributed by atoms with E-state index in [1.807, 2.05) is 30.3 Å². The molecular weight excluding hydrogens is 701 g/mol. The second-order valence-corrected chi connectivity index (χ2v) is 14.0. The molecular formula is C39H52N4O9S. The molecule has 0 saturated carbocycles. The van der Waals surface area contributed by atoms with Crippen LogP contribution in [0.5, 0.6) is 0 Å². The normalized spacial score (nSPS) is 15.4. The fourth-order valence-electron chi connectivity index (χ4n) is 5.92. The Balaban J connectivity index is 1.51. The Morgan fingerprint density at radius 1 is 1.00 bits per heavy atom. The number of carbonyl (C=O) groups is 7. The number of carbonyl (C=O) groups excluding carboxylic acids is 7. The van der Waals surface area contributed by atoms with Gasteiger partial charge in [-0.1, -0.05) is 67.4 Å². The lowest BCUT2D eigenvalue weighted by molar-refractivity contribution is -0.138. The summed E-state index contributed by atoms with van der Waals surface area (Å²) < 4.78 is 17.2. The molecule has 1 fully saturated rings. The molecule has 0 aromatic heterocycles. The first kappa shape index (κ1) is 41.4. The van der Waals surface area contributed by atoms with E-state index in [2.05, 4.69) is 10.6 Å². The molecule has 288 valence electrons. The number of hydrogen-bond donors (Lipinski definition) is 3. The van der Waals surface area contributed by atoms with Gasteiger partial charge in [-0.15, -0.1) is 0 Å². The summed E-state index contributed by atoms with van der Waals surface area (Å²) in [6.07, 6.45) is 3.85. The molecule has 1 aliphatic heterocycles. The molecule has 0 spiro atoms. The number of rotatable bonds is 26. The van der Waals surface area contributed by atoms with Crippen LogP contribution in [0.25, 0.3) is 0 Å². The number of Topliss-reactive ketones (excluding diaryl/α,β-unsaturated/α-hetero) is 2. The molecule has 0 bridgehead atoms. The molecule has 1 aliphatic rings. The lowest BCUT2D eigenvalue weighted by atomic mass is 9.91. The van der Waals surface area contributed by atoms with Gasteiger partial charge in [0.05, 0.1) is 24.5 Å². The molecule has 1 saturated heterocycles. The lowest BCUT2D eigenvalue weighted by Gasteiger charge is -2.22. The van der Waals surface area contributed by atoms with Crippen molar-refractivity contribution in [3.63, 3.8) is 0 Å². The zero-order valence-electron chi connectivity index (χ0n) is 31.3. The van der Waals surface area contributed by atoms with Crippen LogP contribution in [-0.2, 0) is 62.5 Å². The molecule has 2 aromatic rings. The maximum Gasteiger partial charge on any atom is 0.293 e. The Bertz CT molecular complexity index is 1560. The number of amides is 4. The highest BCUT2D eigenvalue weighted by atomic mass is 32.2. The zero-order valence-corrected chi connectivity index (χ0v) is 31.2. The van der Waals surface area contributed by atoms with Gasteiger partial charge in [0.2, 0.25) is 23.6 Å². The van der Waals surface area contributed by atoms with Gasteiger partial charge in [-0.2, -0.15) is 11.8 Å². The van der Waals surface area contributed by atoms with Crippen molar-refractivity contribution in [1.29, 1.82) is 0 Å². The maximum atomic E-state index is 13.8. The first-order valence-corrected chi connectivity index (χ1v) is 19.3. The van der Waals surface area contributed by atoms with Gasteiger partial charge in [0.15, 0.2) is 7.15 Å². The Hall–Kier alpha value is -4.40. The number of imide groups is 1. The second-order valence-electron chi connectivity index (χ2n) is 12.9. The number of unbranched alkanes of at least 4 members (excludes halogenated alkanes) is 2. The summed E-state index contributed by atoms with van der Waals surface area (Å²) in [6.45, 7) is 0.937. The molecule has 2 aromatic carbocycles. The Morgan fingerprint density at radius 2 is 1.74 bits per heavy atom. The van der Waals surface area contributed by atoms with Gasteiger partial charge in [-0.25, -0.2) is 0 Å². The minimum absolute atomic E-state index is 0.0110. The second kappa shape index (κ2) is 24.0. The SMILES string of the molecule is [2H]C(=O)OCc1ccc(CC(=O)[C@H](CCCCCN)NC(=O)[C@@H](CC(=O)CCOCCNC(=O)CCN2C(=O)CC(SC)C2=O)Cc2ccccc2)cc1. The summed E-state index contributed by atoms with van der Waals surface area (Å²) in [7, 11) is 0. The van der Waals surface area contributed by atoms with Crippen LogP contribution in [0.4, 0.5) is 0 Å². The van der Waals surface area contributed by atoms with E-state index >= 15 is 0 Å². The van der Waals surface area contributed by atoms with Crippen molar-refractivity contribution in [2.75, 3.05) is 39.1 Å². The molecule has 1 unspecified atom stereocenters. The van der Waals surface area contributed by atoms with Gasteiger partial charge >= 0.3 is 0 Å². The number of nitrogens with two attached hydrogens (primary N) is 1. The fraction of sp³-hybridized carbons (Fsp3) is 0.513. The van der Waals surface area contributed by atoms with Crippen molar-refractivity contribution < 1.29 is 44.4 Å². The highest BCUT2D eigenvalue weighted by Gasteiger charge is 2.37. The Labute approximate surface area is 316 Å². The van der Waals surface area contributed by atoms with E-state index < -0.39 is 23.7 Å². The number of nitrogens with one attached hydrogen (secondary N) is 2. The largest absolute Gasteiger partial charge is 0.463 e. The van der Waals surface area contributed by atoms with E-state index in [0.29, 0.717) is 31.4 Å². The summed E-state index contributed by atoms with van der Waals surface area (Å²) in [6, 6.07) is 15.5. The number of nitrogens with zero attached hydrogens (tertiary/aromatic N) is 1. The maximum absolute atomic E-state index is 13.8. The molecule has 4 N–H and O–H groups in total. The number of ketones is 2. The minimum atomic E-state index is -1.13. The summed E-state index contributed by atoms with van der Waals surface area (Å²) in [5, 5.41) is 5.25. The van der Waals surface area contributed by atoms with Crippen LogP contribution >= 0.6 is 11.8 Å². The molecule has 53 heavy (non-hydrogen) atoms. The van der Waals surface area contributed by atoms with Crippen molar-refractivity contribution in [3.05, 3.63) is 71.3 Å². The summed E-state index contributed by atoms with van der Waals surface area (Å²) in [5.41, 5.74) is 7.93. The molecule has 1 heterocycles. The van der Waals surface area contributed by atoms with Crippen LogP contribution in [0.3, 0.4) is 0 Å². The lowest BCUT2D eigenvalue weighted by Crippen LogP contribution is -2.45. The van der Waals surface area contributed by atoms with Crippen molar-refractivity contribution in [1.82, 2.24) is 15.5 Å². The Kier molecular flexibility index (Phi) is 18.7. The summed E-state index contributed by atoms with van der Waals surface area (Å²) >= 11 is 1.32. The predicted molar refractivity (Wildman–Crippen MR) is 200 cm³/mol. The summed E-state index contributed by atoms with van der Waals surface area (Å²) in [5.74, 6) is -2.33. The third-order valence-electron chi connectivity index (χ3n) is 8.91. The molecule has 3 atom stereocenters. The highest BCUT2D eigenvalue weighted by Crippen LogP contribution is 2.23. The van der Waals surface area contributed by atoms with Gasteiger partial charge in [-0.3, -0.25) is 38.5 Å². The van der Waals surface area contributed by atoms with E-state index in [-0.39, 0.29) is 100 Å². The van der Waals surface area contributed by atoms with Crippen LogP contribution < -0.4 is 16.4 Å². The van der Waals surface area contributed by atoms with Crippen LogP contribution in [0.1, 0.15) is 69.4 Å². The van der Waals surface area contributed by atoms with Gasteiger partial charge in [-0.05, 0) is 48.8 Å². The van der Waals surface area contributed by atoms with Crippen LogP contribution in [0.15, 0.2) is 54.6 Å². The number of hydrogen-bond acceptors (Lipinski definition) is 11. The standard InChI is InChI=1S/C39H52N4O9S/c1-53-35-25-37(48)43(39(35)50)19-15-36(47)41-18-21-51-20-16-32(45)24-31(22-28-8-4-2-5-9-28)38(49)42-33(10-6-3-7-17-40)34(46)23-29-11-13-30(14-12-29)26-52-27-44/h2,4-5,8-9,11-14,27,31,33,35H,3,6-7,10,15-26,40H2,1H3,(H,41,47)(H,42,49)/t31-,33+,35?/m1/s1/i27D. The molecule has 4 amide bonds. The van der Waals surface area contributed by atoms with Crippen molar-refractivity contribution in [2.24, 2.45) is 11.7 Å². The van der Waals surface area contributed by atoms with Crippen molar-refractivity contribution in [2.45, 2.75) is 82.1 Å². The van der Waals surface area contributed by atoms with E-state index in [1.165, 1.54) is 11.8 Å². The fourth-order valence-corrected chi connectivity index (χ4v) is 6.56. The quantitative estimate of drug-likeness (QED) is 0.0728. The van der Waals surface area contributed by atoms with E-state index in [1.54, 1.807) is 30.5 Å². The van der Waals surface area contributed by atoms with Gasteiger partial charge in [0.1, 0.15) is 12.4 Å². The average Bonchev–Trinajstić information content (AvgIpc) is 3.44. The van der Waals surface area contributed by atoms with Crippen LogP contribution in [-0.4, -0.2) is 96.9 Å². The number of ether oxygens (including phenoxy) is 2. The smallest absolute Gasteiger partial charge is 0.293 e. The topological polar surface area (TPSA) is 191 Å². The third-order valence-corrected chi connectivity index (χ3v) is 9.85. The van der Waals surface area contributed by atoms with Gasteiger partial charge < -0.3 is 25.8 Å². The first-order valence-electron chi connectivity index (χ1n) is 18.5. The van der Waals surface area contributed by atoms with Gasteiger partial charge in [0, 0.05) is 51.1 Å². The molecule has 0 aliphatic carbocycles. The molecule has 3 rings (SSSR count). The van der Waals surface area contributed by atoms with E-state index in [9.17, 15) is 33.6 Å². The Morgan fingerprint density at radius 3 is 2.42 bits per heavy atom. The average molecular weight is 754 g/mol. The van der Waals surface area contributed by atoms with Crippen LogP contribution in [0.2, 0.25) is 0 Å². The molecule has 13 nitrogen and oxygen atoms in total. The zero-order chi connectivity index (χ0) is 39.3. The predicted octanol–water partition coefficient (Wildman–Crippen LogP) is 2.70. The molecule has 14 heteroatoms. The summed E-state index contributed by atoms with van der Waals surface area (Å²) in [4.78, 5) is 88.9. The highest BCUT2D eigenvalue weighted by molar-refractivity contribution is 8.00. The molecule has 0 radical (unpaired) electrons. The van der Waals surface area contributed by atoms with Crippen LogP contribution in [0, 0.1) is 5.92 Å². The number of thioether (sulfide) groups is 1. The van der Waals surface area contributed by atoms with E-state index in [4.69, 9.17) is 16.6 Å². The van der Waals surface area contributed by atoms with E-state index in [0.717, 1.165) is 28.9 Å². The third kappa shape index (κ3) is 15.6. The number of likely N-dealkylation sites (tertiary alicyclic amines) is 1.